The average Bonchev–Trinajstić information content (AvgIpc) is 3.42. The predicted molar refractivity (Wildman–Crippen MR) is 105 cm³/mol. The van der Waals surface area contributed by atoms with Crippen molar-refractivity contribution in [3.63, 3.8) is 0 Å². The van der Waals surface area contributed by atoms with E-state index in [1.165, 1.54) is 12.8 Å². The van der Waals surface area contributed by atoms with Crippen molar-refractivity contribution in [2.45, 2.75) is 44.7 Å². The van der Waals surface area contributed by atoms with Crippen LogP contribution in [0.25, 0.3) is 0 Å². The highest BCUT2D eigenvalue weighted by molar-refractivity contribution is 5.97. The number of rotatable bonds is 8. The fourth-order valence-corrected chi connectivity index (χ4v) is 3.54. The van der Waals surface area contributed by atoms with Gasteiger partial charge in [0.05, 0.1) is 6.54 Å². The summed E-state index contributed by atoms with van der Waals surface area (Å²) in [5.74, 6) is -0.383. The number of nitrogens with zero attached hydrogens (tertiary/aromatic N) is 1. The van der Waals surface area contributed by atoms with Crippen LogP contribution >= 0.6 is 0 Å². The molecular weight excluding hydrogens is 360 g/mol. The van der Waals surface area contributed by atoms with Gasteiger partial charge < -0.3 is 21.1 Å². The Kier molecular flexibility index (Phi) is 6.18. The van der Waals surface area contributed by atoms with Crippen molar-refractivity contribution >= 4 is 23.6 Å². The molecule has 28 heavy (non-hydrogen) atoms. The fourth-order valence-electron chi connectivity index (χ4n) is 3.54. The molecule has 0 atom stereocenters. The monoisotopic (exact) mass is 388 g/mol. The van der Waals surface area contributed by atoms with Gasteiger partial charge in [-0.2, -0.15) is 0 Å². The number of amides is 3. The second-order valence-electron chi connectivity index (χ2n) is 7.80. The van der Waals surface area contributed by atoms with E-state index < -0.39 is 5.97 Å². The molecule has 2 aliphatic carbocycles. The number of urea groups is 1. The first kappa shape index (κ1) is 20.1. The molecule has 1 aromatic carbocycles. The number of carboxylic acid groups (broad SMARTS) is 1. The van der Waals surface area contributed by atoms with Gasteiger partial charge in [-0.25, -0.2) is 4.79 Å². The van der Waals surface area contributed by atoms with E-state index in [1.807, 2.05) is 11.8 Å². The van der Waals surface area contributed by atoms with Crippen molar-refractivity contribution in [1.29, 1.82) is 0 Å². The summed E-state index contributed by atoms with van der Waals surface area (Å²) in [6.45, 7) is 2.76. The van der Waals surface area contributed by atoms with Gasteiger partial charge in [-0.05, 0) is 56.2 Å². The van der Waals surface area contributed by atoms with Crippen LogP contribution in [0.15, 0.2) is 18.2 Å². The van der Waals surface area contributed by atoms with E-state index in [0.717, 1.165) is 24.9 Å². The molecule has 3 amide bonds. The minimum atomic E-state index is -0.804. The SMILES string of the molecule is CNC(=O)c1ccc(C)c(NC(=O)NC2CC(N(CC(=O)O)CC3CC3)C2)c1. The van der Waals surface area contributed by atoms with Gasteiger partial charge in [-0.15, -0.1) is 0 Å². The summed E-state index contributed by atoms with van der Waals surface area (Å²) in [6, 6.07) is 5.09. The van der Waals surface area contributed by atoms with Crippen LogP contribution in [0, 0.1) is 12.8 Å². The van der Waals surface area contributed by atoms with E-state index in [-0.39, 0.29) is 30.6 Å². The number of benzene rings is 1. The smallest absolute Gasteiger partial charge is 0.319 e. The standard InChI is InChI=1S/C20H28N4O4/c1-12-3-6-14(19(27)21-2)7-17(12)23-20(28)22-15-8-16(9-15)24(11-18(25)26)10-13-4-5-13/h3,6-7,13,15-16H,4-5,8-11H2,1-2H3,(H,21,27)(H,25,26)(H2,22,23,28). The Morgan fingerprint density at radius 2 is 1.93 bits per heavy atom. The lowest BCUT2D eigenvalue weighted by atomic mass is 9.85. The number of hydrogen-bond donors (Lipinski definition) is 4. The Bertz CT molecular complexity index is 757. The van der Waals surface area contributed by atoms with Gasteiger partial charge in [0.1, 0.15) is 0 Å². The number of carbonyl (C=O) groups is 3. The largest absolute Gasteiger partial charge is 0.480 e. The predicted octanol–water partition coefficient (Wildman–Crippen LogP) is 1.80. The van der Waals surface area contributed by atoms with E-state index in [0.29, 0.717) is 17.2 Å². The van der Waals surface area contributed by atoms with Crippen molar-refractivity contribution in [3.8, 4) is 0 Å². The molecule has 2 aliphatic rings. The van der Waals surface area contributed by atoms with Crippen LogP contribution in [0.4, 0.5) is 10.5 Å². The zero-order chi connectivity index (χ0) is 20.3. The second kappa shape index (κ2) is 8.60. The quantitative estimate of drug-likeness (QED) is 0.543. The highest BCUT2D eigenvalue weighted by Gasteiger charge is 2.37. The van der Waals surface area contributed by atoms with Crippen molar-refractivity contribution in [2.75, 3.05) is 25.5 Å². The number of aliphatic carboxylic acids is 1. The third-order valence-electron chi connectivity index (χ3n) is 5.47. The molecule has 2 saturated carbocycles. The Morgan fingerprint density at radius 1 is 1.21 bits per heavy atom. The van der Waals surface area contributed by atoms with E-state index in [4.69, 9.17) is 5.11 Å². The van der Waals surface area contributed by atoms with E-state index in [9.17, 15) is 14.4 Å². The number of anilines is 1. The van der Waals surface area contributed by atoms with Crippen molar-refractivity contribution in [3.05, 3.63) is 29.3 Å². The van der Waals surface area contributed by atoms with E-state index >= 15 is 0 Å². The highest BCUT2D eigenvalue weighted by atomic mass is 16.4. The molecule has 2 fully saturated rings. The van der Waals surface area contributed by atoms with Gasteiger partial charge >= 0.3 is 12.0 Å². The van der Waals surface area contributed by atoms with Crippen molar-refractivity contribution in [1.82, 2.24) is 15.5 Å². The first-order chi connectivity index (χ1) is 13.4. The van der Waals surface area contributed by atoms with Gasteiger partial charge in [0.25, 0.3) is 5.91 Å². The van der Waals surface area contributed by atoms with Crippen LogP contribution in [-0.4, -0.2) is 60.1 Å². The first-order valence-corrected chi connectivity index (χ1v) is 9.71. The fraction of sp³-hybridized carbons (Fsp3) is 0.550. The van der Waals surface area contributed by atoms with Gasteiger partial charge in [-0.3, -0.25) is 14.5 Å². The molecule has 0 bridgehead atoms. The first-order valence-electron chi connectivity index (χ1n) is 9.71. The van der Waals surface area contributed by atoms with Crippen LogP contribution in [0.3, 0.4) is 0 Å². The van der Waals surface area contributed by atoms with E-state index in [2.05, 4.69) is 16.0 Å². The van der Waals surface area contributed by atoms with Gasteiger partial charge in [-0.1, -0.05) is 6.07 Å². The molecule has 0 aliphatic heterocycles. The summed E-state index contributed by atoms with van der Waals surface area (Å²) in [7, 11) is 1.56. The molecule has 0 aromatic heterocycles. The number of aryl methyl sites for hydroxylation is 1. The molecule has 8 heteroatoms. The maximum Gasteiger partial charge on any atom is 0.319 e. The summed E-state index contributed by atoms with van der Waals surface area (Å²) < 4.78 is 0. The Morgan fingerprint density at radius 3 is 2.54 bits per heavy atom. The van der Waals surface area contributed by atoms with Crippen LogP contribution in [-0.2, 0) is 4.79 Å². The molecule has 0 spiro atoms. The van der Waals surface area contributed by atoms with Crippen LogP contribution in [0.5, 0.6) is 0 Å². The van der Waals surface area contributed by atoms with Crippen LogP contribution in [0.1, 0.15) is 41.6 Å². The minimum Gasteiger partial charge on any atom is -0.480 e. The van der Waals surface area contributed by atoms with E-state index in [1.54, 1.807) is 25.2 Å². The normalized spacial score (nSPS) is 21.0. The van der Waals surface area contributed by atoms with Crippen LogP contribution in [0.2, 0.25) is 0 Å². The number of carbonyl (C=O) groups excluding carboxylic acids is 2. The lowest BCUT2D eigenvalue weighted by Crippen LogP contribution is -2.55. The topological polar surface area (TPSA) is 111 Å². The second-order valence-corrected chi connectivity index (χ2v) is 7.80. The summed E-state index contributed by atoms with van der Waals surface area (Å²) >= 11 is 0. The Balaban J connectivity index is 1.50. The Hall–Kier alpha value is -2.61. The van der Waals surface area contributed by atoms with Gasteiger partial charge in [0.2, 0.25) is 0 Å². The summed E-state index contributed by atoms with van der Waals surface area (Å²) in [5.41, 5.74) is 1.94. The molecular formula is C20H28N4O4. The molecule has 0 saturated heterocycles. The third kappa shape index (κ3) is 5.22. The molecule has 3 rings (SSSR count). The summed E-state index contributed by atoms with van der Waals surface area (Å²) in [5, 5.41) is 17.4. The summed E-state index contributed by atoms with van der Waals surface area (Å²) in [4.78, 5) is 37.2. The highest BCUT2D eigenvalue weighted by Crippen LogP contribution is 2.33. The lowest BCUT2D eigenvalue weighted by molar-refractivity contribution is -0.139. The summed E-state index contributed by atoms with van der Waals surface area (Å²) in [6.07, 6.45) is 3.87. The molecule has 1 aromatic rings. The molecule has 0 radical (unpaired) electrons. The minimum absolute atomic E-state index is 0.0305. The average molecular weight is 388 g/mol. The lowest BCUT2D eigenvalue weighted by Gasteiger charge is -2.42. The number of nitrogens with one attached hydrogen (secondary N) is 3. The zero-order valence-electron chi connectivity index (χ0n) is 16.3. The number of carboxylic acids is 1. The molecule has 152 valence electrons. The third-order valence-corrected chi connectivity index (χ3v) is 5.47. The maximum absolute atomic E-state index is 12.3. The molecule has 0 heterocycles. The molecule has 0 unspecified atom stereocenters. The van der Waals surface area contributed by atoms with Gasteiger partial charge in [0.15, 0.2) is 0 Å². The van der Waals surface area contributed by atoms with Crippen LogP contribution < -0.4 is 16.0 Å². The van der Waals surface area contributed by atoms with Crippen molar-refractivity contribution < 1.29 is 19.5 Å². The number of hydrogen-bond acceptors (Lipinski definition) is 4. The zero-order valence-corrected chi connectivity index (χ0v) is 16.3. The Labute approximate surface area is 164 Å². The molecule has 4 N–H and O–H groups in total. The molecule has 8 nitrogen and oxygen atoms in total. The maximum atomic E-state index is 12.3. The van der Waals surface area contributed by atoms with Gasteiger partial charge in [0, 0.05) is 36.9 Å². The van der Waals surface area contributed by atoms with Crippen molar-refractivity contribution in [2.24, 2.45) is 5.92 Å².